The Morgan fingerprint density at radius 3 is 2.26 bits per heavy atom. The van der Waals surface area contributed by atoms with Crippen LogP contribution in [0, 0.1) is 0 Å². The molecule has 0 radical (unpaired) electrons. The molecule has 0 unspecified atom stereocenters. The van der Waals surface area contributed by atoms with Crippen molar-refractivity contribution in [3.05, 3.63) is 60.4 Å². The Kier molecular flexibility index (Phi) is 6.82. The zero-order valence-electron chi connectivity index (χ0n) is 18.0. The average Bonchev–Trinajstić information content (AvgIpc) is 2.84. The van der Waals surface area contributed by atoms with Crippen molar-refractivity contribution in [2.45, 2.75) is 6.18 Å². The highest BCUT2D eigenvalue weighted by atomic mass is 32.2. The van der Waals surface area contributed by atoms with E-state index in [-0.39, 0.29) is 18.8 Å². The second kappa shape index (κ2) is 9.65. The van der Waals surface area contributed by atoms with Crippen molar-refractivity contribution in [1.82, 2.24) is 19.3 Å². The predicted molar refractivity (Wildman–Crippen MR) is 120 cm³/mol. The topological polar surface area (TPSA) is 99.5 Å². The molecule has 8 nitrogen and oxygen atoms in total. The van der Waals surface area contributed by atoms with Gasteiger partial charge in [0.2, 0.25) is 10.0 Å². The van der Waals surface area contributed by atoms with Crippen molar-refractivity contribution in [3.8, 4) is 22.6 Å². The minimum absolute atomic E-state index is 0.226. The van der Waals surface area contributed by atoms with Gasteiger partial charge in [-0.05, 0) is 24.3 Å². The van der Waals surface area contributed by atoms with Gasteiger partial charge in [0.25, 0.3) is 0 Å². The summed E-state index contributed by atoms with van der Waals surface area (Å²) in [5.74, 6) is 0.558. The molecule has 180 valence electrons. The summed E-state index contributed by atoms with van der Waals surface area (Å²) >= 11 is 0. The van der Waals surface area contributed by atoms with E-state index in [4.69, 9.17) is 5.11 Å². The van der Waals surface area contributed by atoms with Crippen molar-refractivity contribution in [1.29, 1.82) is 0 Å². The maximum absolute atomic E-state index is 13.0. The Bertz CT molecular complexity index is 1230. The predicted octanol–water partition coefficient (Wildman–Crippen LogP) is 2.67. The van der Waals surface area contributed by atoms with Crippen LogP contribution in [0.2, 0.25) is 0 Å². The number of rotatable bonds is 6. The smallest absolute Gasteiger partial charge is 0.395 e. The van der Waals surface area contributed by atoms with Gasteiger partial charge in [0.15, 0.2) is 5.82 Å². The molecule has 0 spiro atoms. The summed E-state index contributed by atoms with van der Waals surface area (Å²) in [5, 5.41) is 9.00. The zero-order valence-corrected chi connectivity index (χ0v) is 18.8. The first-order valence-electron chi connectivity index (χ1n) is 10.5. The van der Waals surface area contributed by atoms with Gasteiger partial charge < -0.3 is 10.0 Å². The van der Waals surface area contributed by atoms with Gasteiger partial charge in [0, 0.05) is 55.8 Å². The van der Waals surface area contributed by atoms with Gasteiger partial charge in [-0.15, -0.1) is 0 Å². The third-order valence-electron chi connectivity index (χ3n) is 5.45. The molecule has 1 aromatic carbocycles. The number of aliphatic hydroxyl groups excluding tert-OH is 1. The number of piperazine rings is 1. The number of halogens is 3. The third-order valence-corrected chi connectivity index (χ3v) is 7.30. The third kappa shape index (κ3) is 5.34. The molecule has 3 heterocycles. The van der Waals surface area contributed by atoms with Crippen molar-refractivity contribution in [2.24, 2.45) is 0 Å². The first-order chi connectivity index (χ1) is 16.2. The lowest BCUT2D eigenvalue weighted by atomic mass is 10.1. The fourth-order valence-electron chi connectivity index (χ4n) is 3.64. The Balaban J connectivity index is 1.67. The zero-order chi connectivity index (χ0) is 24.3. The van der Waals surface area contributed by atoms with Crippen molar-refractivity contribution in [3.63, 3.8) is 0 Å². The molecular formula is C22H22F3N5O3S. The fraction of sp³-hybridized carbons (Fsp3) is 0.318. The molecule has 0 bridgehead atoms. The number of sulfonamides is 1. The lowest BCUT2D eigenvalue weighted by Gasteiger charge is -2.34. The van der Waals surface area contributed by atoms with Gasteiger partial charge in [-0.25, -0.2) is 18.4 Å². The molecule has 12 heteroatoms. The van der Waals surface area contributed by atoms with E-state index < -0.39 is 28.4 Å². The van der Waals surface area contributed by atoms with Crippen LogP contribution in [-0.2, 0) is 16.2 Å². The largest absolute Gasteiger partial charge is 0.416 e. The first-order valence-corrected chi connectivity index (χ1v) is 12.1. The van der Waals surface area contributed by atoms with E-state index >= 15 is 0 Å². The van der Waals surface area contributed by atoms with E-state index in [1.165, 1.54) is 16.4 Å². The standard InChI is InChI=1S/C22H22F3N5O3S/c23-22(24,25)18-5-3-16(4-6-18)19-14-20(28-21(27-19)17-2-1-7-26-15-17)29-8-10-30(11-9-29)34(32,33)13-12-31/h1-7,14-15,31H,8-13H2. The number of hydrogen-bond donors (Lipinski definition) is 1. The van der Waals surface area contributed by atoms with Crippen molar-refractivity contribution < 1.29 is 26.7 Å². The first kappa shape index (κ1) is 24.0. The minimum Gasteiger partial charge on any atom is -0.395 e. The van der Waals surface area contributed by atoms with E-state index in [1.54, 1.807) is 30.6 Å². The summed E-state index contributed by atoms with van der Waals surface area (Å²) < 4.78 is 64.7. The van der Waals surface area contributed by atoms with Crippen molar-refractivity contribution in [2.75, 3.05) is 43.4 Å². The molecule has 34 heavy (non-hydrogen) atoms. The second-order valence-corrected chi connectivity index (χ2v) is 9.77. The maximum atomic E-state index is 13.0. The summed E-state index contributed by atoms with van der Waals surface area (Å²) in [6, 6.07) is 9.93. The number of benzene rings is 1. The summed E-state index contributed by atoms with van der Waals surface area (Å²) in [7, 11) is -3.53. The normalized spacial score (nSPS) is 15.5. The number of nitrogens with zero attached hydrogens (tertiary/aromatic N) is 5. The molecule has 3 aromatic rings. The van der Waals surface area contributed by atoms with Crippen LogP contribution in [0.15, 0.2) is 54.9 Å². The molecular weight excluding hydrogens is 471 g/mol. The monoisotopic (exact) mass is 493 g/mol. The molecule has 1 N–H and O–H groups in total. The van der Waals surface area contributed by atoms with Gasteiger partial charge in [-0.1, -0.05) is 12.1 Å². The van der Waals surface area contributed by atoms with E-state index in [0.717, 1.165) is 12.1 Å². The molecule has 2 aromatic heterocycles. The molecule has 0 atom stereocenters. The average molecular weight is 494 g/mol. The number of anilines is 1. The molecule has 1 fully saturated rings. The summed E-state index contributed by atoms with van der Waals surface area (Å²) in [6.45, 7) is 0.731. The van der Waals surface area contributed by atoms with Crippen LogP contribution in [0.1, 0.15) is 5.56 Å². The molecule has 1 aliphatic rings. The number of aliphatic hydroxyl groups is 1. The molecule has 0 saturated carbocycles. The molecule has 4 rings (SSSR count). The fourth-order valence-corrected chi connectivity index (χ4v) is 4.85. The molecule has 0 amide bonds. The van der Waals surface area contributed by atoms with Crippen LogP contribution in [0.4, 0.5) is 19.0 Å². The van der Waals surface area contributed by atoms with Gasteiger partial charge in [-0.3, -0.25) is 4.98 Å². The van der Waals surface area contributed by atoms with Crippen molar-refractivity contribution >= 4 is 15.8 Å². The van der Waals surface area contributed by atoms with Crippen LogP contribution in [0.3, 0.4) is 0 Å². The minimum atomic E-state index is -4.44. The Morgan fingerprint density at radius 1 is 0.971 bits per heavy atom. The highest BCUT2D eigenvalue weighted by molar-refractivity contribution is 7.89. The van der Waals surface area contributed by atoms with E-state index in [9.17, 15) is 21.6 Å². The maximum Gasteiger partial charge on any atom is 0.416 e. The highest BCUT2D eigenvalue weighted by Crippen LogP contribution is 2.32. The molecule has 1 saturated heterocycles. The molecule has 0 aliphatic carbocycles. The second-order valence-electron chi connectivity index (χ2n) is 7.68. The lowest BCUT2D eigenvalue weighted by molar-refractivity contribution is -0.137. The number of alkyl halides is 3. The van der Waals surface area contributed by atoms with E-state index in [1.807, 2.05) is 4.90 Å². The molecule has 1 aliphatic heterocycles. The lowest BCUT2D eigenvalue weighted by Crippen LogP contribution is -2.49. The van der Waals surface area contributed by atoms with E-state index in [0.29, 0.717) is 41.6 Å². The van der Waals surface area contributed by atoms with Gasteiger partial charge in [-0.2, -0.15) is 17.5 Å². The SMILES string of the molecule is O=S(=O)(CCO)N1CCN(c2cc(-c3ccc(C(F)(F)F)cc3)nc(-c3cccnc3)n2)CC1. The van der Waals surface area contributed by atoms with Gasteiger partial charge >= 0.3 is 6.18 Å². The van der Waals surface area contributed by atoms with Crippen LogP contribution in [0.25, 0.3) is 22.6 Å². The van der Waals surface area contributed by atoms with Gasteiger partial charge in [0.05, 0.1) is 23.6 Å². The number of aromatic nitrogens is 3. The summed E-state index contributed by atoms with van der Waals surface area (Å²) in [5.41, 5.74) is 0.818. The summed E-state index contributed by atoms with van der Waals surface area (Å²) in [6.07, 6.45) is -1.24. The number of hydrogen-bond acceptors (Lipinski definition) is 7. The summed E-state index contributed by atoms with van der Waals surface area (Å²) in [4.78, 5) is 15.2. The highest BCUT2D eigenvalue weighted by Gasteiger charge is 2.30. The van der Waals surface area contributed by atoms with Crippen LogP contribution in [0.5, 0.6) is 0 Å². The Hall–Kier alpha value is -3.09. The van der Waals surface area contributed by atoms with Crippen LogP contribution >= 0.6 is 0 Å². The Labute approximate surface area is 194 Å². The Morgan fingerprint density at radius 2 is 1.68 bits per heavy atom. The van der Waals surface area contributed by atoms with Crippen LogP contribution in [-0.4, -0.2) is 71.3 Å². The number of pyridine rings is 1. The quantitative estimate of drug-likeness (QED) is 0.564. The van der Waals surface area contributed by atoms with Crippen LogP contribution < -0.4 is 4.90 Å². The van der Waals surface area contributed by atoms with E-state index in [2.05, 4.69) is 15.0 Å². The van der Waals surface area contributed by atoms with Gasteiger partial charge in [0.1, 0.15) is 5.82 Å².